The fourth-order valence-electron chi connectivity index (χ4n) is 3.35. The van der Waals surface area contributed by atoms with Crippen LogP contribution in [0.1, 0.15) is 18.1 Å². The molecule has 0 aliphatic heterocycles. The first-order valence-corrected chi connectivity index (χ1v) is 9.76. The van der Waals surface area contributed by atoms with Crippen molar-refractivity contribution < 1.29 is 0 Å². The van der Waals surface area contributed by atoms with Gasteiger partial charge in [-0.2, -0.15) is 0 Å². The first-order valence-electron chi connectivity index (χ1n) is 9.76. The average molecular weight is 373 g/mol. The van der Waals surface area contributed by atoms with E-state index in [1.165, 1.54) is 22.3 Å². The predicted molar refractivity (Wildman–Crippen MR) is 125 cm³/mol. The summed E-state index contributed by atoms with van der Waals surface area (Å²) >= 11 is 0. The second kappa shape index (κ2) is 8.53. The number of benzene rings is 4. The molecule has 0 unspecified atom stereocenters. The van der Waals surface area contributed by atoms with Crippen LogP contribution in [0.4, 0.5) is 0 Å². The Bertz CT molecular complexity index is 1120. The Hall–Kier alpha value is -3.71. The van der Waals surface area contributed by atoms with E-state index in [0.29, 0.717) is 0 Å². The molecule has 29 heavy (non-hydrogen) atoms. The van der Waals surface area contributed by atoms with Crippen LogP contribution in [0.25, 0.3) is 28.0 Å². The molecule has 0 saturated heterocycles. The van der Waals surface area contributed by atoms with Crippen molar-refractivity contribution in [2.75, 3.05) is 0 Å². The van der Waals surface area contributed by atoms with Gasteiger partial charge in [0.25, 0.3) is 0 Å². The van der Waals surface area contributed by atoms with Crippen LogP contribution in [0.3, 0.4) is 0 Å². The summed E-state index contributed by atoms with van der Waals surface area (Å²) in [5.74, 6) is 0. The summed E-state index contributed by atoms with van der Waals surface area (Å²) in [4.78, 5) is 4.74. The lowest BCUT2D eigenvalue weighted by Crippen LogP contribution is -1.95. The zero-order valence-electron chi connectivity index (χ0n) is 16.5. The second-order valence-corrected chi connectivity index (χ2v) is 7.03. The summed E-state index contributed by atoms with van der Waals surface area (Å²) in [6.07, 6.45) is 0. The molecule has 140 valence electrons. The molecule has 0 heterocycles. The second-order valence-electron chi connectivity index (χ2n) is 7.03. The van der Waals surface area contributed by atoms with Crippen molar-refractivity contribution in [1.82, 2.24) is 0 Å². The Morgan fingerprint density at radius 2 is 0.897 bits per heavy atom. The lowest BCUT2D eigenvalue weighted by molar-refractivity contribution is 1.47. The maximum Gasteiger partial charge on any atom is 0.0633 e. The highest BCUT2D eigenvalue weighted by atomic mass is 14.7. The predicted octanol–water partition coefficient (Wildman–Crippen LogP) is 7.50. The van der Waals surface area contributed by atoms with E-state index in [1.54, 1.807) is 0 Å². The molecule has 0 radical (unpaired) electrons. The van der Waals surface area contributed by atoms with Gasteiger partial charge in [0.2, 0.25) is 0 Å². The molecular weight excluding hydrogens is 350 g/mol. The van der Waals surface area contributed by atoms with Gasteiger partial charge in [-0.05, 0) is 40.3 Å². The number of hydrogen-bond donors (Lipinski definition) is 0. The molecule has 1 nitrogen and oxygen atoms in total. The van der Waals surface area contributed by atoms with Gasteiger partial charge in [0, 0.05) is 5.71 Å². The van der Waals surface area contributed by atoms with Crippen molar-refractivity contribution in [2.24, 2.45) is 4.99 Å². The van der Waals surface area contributed by atoms with Crippen LogP contribution in [0.15, 0.2) is 121 Å². The van der Waals surface area contributed by atoms with E-state index in [0.717, 1.165) is 22.5 Å². The van der Waals surface area contributed by atoms with Crippen molar-refractivity contribution in [2.45, 2.75) is 6.92 Å². The Morgan fingerprint density at radius 3 is 1.34 bits per heavy atom. The van der Waals surface area contributed by atoms with Crippen molar-refractivity contribution in [1.29, 1.82) is 0 Å². The largest absolute Gasteiger partial charge is 0.253 e. The van der Waals surface area contributed by atoms with E-state index in [-0.39, 0.29) is 0 Å². The third-order valence-electron chi connectivity index (χ3n) is 5.04. The summed E-state index contributed by atoms with van der Waals surface area (Å²) in [5.41, 5.74) is 8.70. The molecule has 0 N–H and O–H groups in total. The quantitative estimate of drug-likeness (QED) is 0.321. The Kier molecular flexibility index (Phi) is 5.49. The van der Waals surface area contributed by atoms with Crippen LogP contribution in [0, 0.1) is 0 Å². The van der Waals surface area contributed by atoms with Gasteiger partial charge in [-0.1, -0.05) is 116 Å². The summed E-state index contributed by atoms with van der Waals surface area (Å²) in [6, 6.07) is 37.7. The Balaban J connectivity index is 1.50. The zero-order chi connectivity index (χ0) is 20.1. The van der Waals surface area contributed by atoms with E-state index < -0.39 is 0 Å². The summed E-state index contributed by atoms with van der Waals surface area (Å²) in [6.45, 7) is 6.20. The van der Waals surface area contributed by atoms with Crippen LogP contribution in [-0.2, 0) is 0 Å². The van der Waals surface area contributed by atoms with Gasteiger partial charge >= 0.3 is 0 Å². The maximum absolute atomic E-state index is 4.74. The molecule has 4 aromatic carbocycles. The van der Waals surface area contributed by atoms with Crippen LogP contribution in [-0.4, -0.2) is 5.71 Å². The smallest absolute Gasteiger partial charge is 0.0633 e. The van der Waals surface area contributed by atoms with Crippen LogP contribution >= 0.6 is 0 Å². The zero-order valence-corrected chi connectivity index (χ0v) is 16.5. The number of rotatable bonds is 5. The third-order valence-corrected chi connectivity index (χ3v) is 5.04. The number of aliphatic imine (C=N–C) groups is 1. The molecule has 0 aromatic heterocycles. The molecule has 0 bridgehead atoms. The van der Waals surface area contributed by atoms with Gasteiger partial charge in [-0.25, -0.2) is 0 Å². The lowest BCUT2D eigenvalue weighted by atomic mass is 10.0. The molecular formula is C28H23N. The van der Waals surface area contributed by atoms with Crippen LogP contribution in [0.5, 0.6) is 0 Å². The monoisotopic (exact) mass is 373 g/mol. The summed E-state index contributed by atoms with van der Waals surface area (Å²) in [7, 11) is 0. The van der Waals surface area contributed by atoms with Gasteiger partial charge in [0.1, 0.15) is 0 Å². The van der Waals surface area contributed by atoms with Crippen molar-refractivity contribution >= 4 is 11.4 Å². The minimum Gasteiger partial charge on any atom is -0.253 e. The number of nitrogens with zero attached hydrogens (tertiary/aromatic N) is 1. The molecule has 0 atom stereocenters. The van der Waals surface area contributed by atoms with Gasteiger partial charge in [-0.15, -0.1) is 0 Å². The van der Waals surface area contributed by atoms with Gasteiger partial charge < -0.3 is 0 Å². The summed E-state index contributed by atoms with van der Waals surface area (Å²) < 4.78 is 0. The number of hydrogen-bond acceptors (Lipinski definition) is 1. The average Bonchev–Trinajstić information content (AvgIpc) is 2.80. The van der Waals surface area contributed by atoms with Crippen molar-refractivity contribution in [3.63, 3.8) is 0 Å². The van der Waals surface area contributed by atoms with E-state index in [4.69, 9.17) is 4.99 Å². The third kappa shape index (κ3) is 4.41. The molecule has 0 amide bonds. The summed E-state index contributed by atoms with van der Waals surface area (Å²) in [5, 5.41) is 0. The normalized spacial score (nSPS) is 11.3. The highest BCUT2D eigenvalue weighted by molar-refractivity contribution is 6.01. The molecule has 0 aliphatic rings. The minimum atomic E-state index is 0.772. The first-order chi connectivity index (χ1) is 14.2. The van der Waals surface area contributed by atoms with Crippen LogP contribution < -0.4 is 0 Å². The molecule has 0 aliphatic carbocycles. The lowest BCUT2D eigenvalue weighted by Gasteiger charge is -2.07. The highest BCUT2D eigenvalue weighted by Gasteiger charge is 2.04. The van der Waals surface area contributed by atoms with Crippen molar-refractivity contribution in [3.8, 4) is 22.3 Å². The molecule has 4 rings (SSSR count). The van der Waals surface area contributed by atoms with Crippen molar-refractivity contribution in [3.05, 3.63) is 127 Å². The van der Waals surface area contributed by atoms with E-state index >= 15 is 0 Å². The van der Waals surface area contributed by atoms with E-state index in [2.05, 4.69) is 104 Å². The Labute approximate surface area is 172 Å². The van der Waals surface area contributed by atoms with Gasteiger partial charge in [-0.3, -0.25) is 4.99 Å². The topological polar surface area (TPSA) is 12.4 Å². The van der Waals surface area contributed by atoms with Gasteiger partial charge in [0.15, 0.2) is 0 Å². The minimum absolute atomic E-state index is 0.772. The molecule has 4 aromatic rings. The standard InChI is InChI=1S/C28H23N/c1-21(23-13-17-27(18-14-23)25-9-5-3-6-10-25)29-22(2)24-15-19-28(20-16-24)26-11-7-4-8-12-26/h3-20H,1H2,2H3/b29-22+. The van der Waals surface area contributed by atoms with Gasteiger partial charge in [0.05, 0.1) is 5.70 Å². The molecule has 0 spiro atoms. The fraction of sp³-hybridized carbons (Fsp3) is 0.0357. The molecule has 1 heteroatoms. The van der Waals surface area contributed by atoms with E-state index in [1.807, 2.05) is 19.1 Å². The first kappa shape index (κ1) is 18.6. The molecule has 0 saturated carbocycles. The maximum atomic E-state index is 4.74. The fourth-order valence-corrected chi connectivity index (χ4v) is 3.35. The van der Waals surface area contributed by atoms with E-state index in [9.17, 15) is 0 Å². The molecule has 0 fully saturated rings. The Morgan fingerprint density at radius 1 is 0.517 bits per heavy atom. The highest BCUT2D eigenvalue weighted by Crippen LogP contribution is 2.23. The SMILES string of the molecule is C=C(/N=C(\C)c1ccc(-c2ccccc2)cc1)c1ccc(-c2ccccc2)cc1. The van der Waals surface area contributed by atoms with Crippen LogP contribution in [0.2, 0.25) is 0 Å².